The fraction of sp³-hybridized carbons (Fsp3) is 0.286. The highest BCUT2D eigenvalue weighted by Gasteiger charge is 2.02. The first kappa shape index (κ1) is 8.49. The van der Waals surface area contributed by atoms with Crippen LogP contribution in [0.1, 0.15) is 18.7 Å². The number of halogens is 1. The number of rotatable bonds is 2. The quantitative estimate of drug-likeness (QED) is 0.378. The van der Waals surface area contributed by atoms with Crippen molar-refractivity contribution in [1.29, 1.82) is 0 Å². The van der Waals surface area contributed by atoms with Crippen LogP contribution in [0, 0.1) is 5.82 Å². The Labute approximate surface area is 68.7 Å². The molecule has 0 amide bonds. The molecule has 0 aliphatic heterocycles. The molecule has 0 fully saturated rings. The Morgan fingerprint density at radius 3 is 2.92 bits per heavy atom. The first-order valence-corrected chi connectivity index (χ1v) is 3.39. The maximum absolute atomic E-state index is 12.4. The second kappa shape index (κ2) is 3.69. The average Bonchev–Trinajstić information content (AvgIpc) is 2.06. The van der Waals surface area contributed by atoms with E-state index in [0.29, 0.717) is 5.69 Å². The van der Waals surface area contributed by atoms with Crippen molar-refractivity contribution in [2.24, 2.45) is 5.11 Å². The fourth-order valence-corrected chi connectivity index (χ4v) is 0.771. The van der Waals surface area contributed by atoms with Crippen LogP contribution in [-0.4, -0.2) is 4.98 Å². The lowest BCUT2D eigenvalue weighted by Gasteiger charge is -2.01. The van der Waals surface area contributed by atoms with E-state index in [1.54, 1.807) is 6.92 Å². The number of pyridine rings is 1. The number of nitrogens with zero attached hydrogens (tertiary/aromatic N) is 4. The summed E-state index contributed by atoms with van der Waals surface area (Å²) in [5.41, 5.74) is 8.67. The summed E-state index contributed by atoms with van der Waals surface area (Å²) in [6.45, 7) is 1.69. The van der Waals surface area contributed by atoms with Crippen LogP contribution in [0.5, 0.6) is 0 Å². The van der Waals surface area contributed by atoms with Gasteiger partial charge in [-0.3, -0.25) is 4.98 Å². The van der Waals surface area contributed by atoms with E-state index in [1.165, 1.54) is 12.1 Å². The van der Waals surface area contributed by atoms with Crippen LogP contribution in [0.2, 0.25) is 0 Å². The van der Waals surface area contributed by atoms with E-state index >= 15 is 0 Å². The van der Waals surface area contributed by atoms with Crippen LogP contribution in [0.25, 0.3) is 10.4 Å². The Morgan fingerprint density at radius 1 is 1.67 bits per heavy atom. The molecule has 4 nitrogen and oxygen atoms in total. The highest BCUT2D eigenvalue weighted by atomic mass is 19.1. The Bertz CT molecular complexity index is 302. The third-order valence-electron chi connectivity index (χ3n) is 1.40. The van der Waals surface area contributed by atoms with Gasteiger partial charge in [-0.2, -0.15) is 0 Å². The maximum atomic E-state index is 12.4. The summed E-state index contributed by atoms with van der Waals surface area (Å²) in [4.78, 5) is 6.38. The normalized spacial score (nSPS) is 11.8. The molecule has 1 atom stereocenters. The summed E-state index contributed by atoms with van der Waals surface area (Å²) in [7, 11) is 0. The van der Waals surface area contributed by atoms with Gasteiger partial charge < -0.3 is 0 Å². The van der Waals surface area contributed by atoms with E-state index in [9.17, 15) is 4.39 Å². The number of aromatic nitrogens is 1. The van der Waals surface area contributed by atoms with Crippen LogP contribution in [0.3, 0.4) is 0 Å². The molecule has 0 aliphatic rings. The van der Waals surface area contributed by atoms with Crippen LogP contribution in [0.4, 0.5) is 4.39 Å². The summed E-state index contributed by atoms with van der Waals surface area (Å²) < 4.78 is 12.4. The Morgan fingerprint density at radius 2 is 2.42 bits per heavy atom. The molecule has 0 N–H and O–H groups in total. The molecule has 62 valence electrons. The van der Waals surface area contributed by atoms with E-state index in [1.807, 2.05) is 0 Å². The summed E-state index contributed by atoms with van der Waals surface area (Å²) in [6, 6.07) is 2.43. The topological polar surface area (TPSA) is 61.7 Å². The molecule has 1 unspecified atom stereocenters. The van der Waals surface area contributed by atoms with E-state index in [4.69, 9.17) is 5.53 Å². The average molecular weight is 166 g/mol. The van der Waals surface area contributed by atoms with Crippen molar-refractivity contribution in [3.8, 4) is 0 Å². The van der Waals surface area contributed by atoms with Crippen LogP contribution < -0.4 is 0 Å². The summed E-state index contributed by atoms with van der Waals surface area (Å²) in [5, 5.41) is 3.42. The minimum Gasteiger partial charge on any atom is -0.258 e. The van der Waals surface area contributed by atoms with Gasteiger partial charge in [0, 0.05) is 10.6 Å². The summed E-state index contributed by atoms with van der Waals surface area (Å²) >= 11 is 0. The number of hydrogen-bond donors (Lipinski definition) is 0. The first-order chi connectivity index (χ1) is 5.74. The van der Waals surface area contributed by atoms with Crippen LogP contribution in [-0.2, 0) is 0 Å². The summed E-state index contributed by atoms with van der Waals surface area (Å²) in [5.74, 6) is -0.396. The molecule has 1 rings (SSSR count). The zero-order valence-electron chi connectivity index (χ0n) is 6.48. The maximum Gasteiger partial charge on any atom is 0.141 e. The van der Waals surface area contributed by atoms with Gasteiger partial charge in [0.25, 0.3) is 0 Å². The van der Waals surface area contributed by atoms with Gasteiger partial charge in [-0.15, -0.1) is 0 Å². The SMILES string of the molecule is CC(N=[N+]=[N-])c1ccc(F)cn1. The van der Waals surface area contributed by atoms with Gasteiger partial charge in [0.1, 0.15) is 5.82 Å². The minimum absolute atomic E-state index is 0.351. The van der Waals surface area contributed by atoms with Gasteiger partial charge in [0.05, 0.1) is 12.2 Å². The largest absolute Gasteiger partial charge is 0.258 e. The second-order valence-corrected chi connectivity index (χ2v) is 2.28. The summed E-state index contributed by atoms with van der Waals surface area (Å²) in [6.07, 6.45) is 1.10. The standard InChI is InChI=1S/C7H7FN4/c1-5(11-12-9)7-3-2-6(8)4-10-7/h2-5H,1H3. The molecule has 0 aliphatic carbocycles. The number of hydrogen-bond acceptors (Lipinski definition) is 2. The van der Waals surface area contributed by atoms with Gasteiger partial charge in [0.15, 0.2) is 0 Å². The van der Waals surface area contributed by atoms with Crippen molar-refractivity contribution < 1.29 is 4.39 Å². The highest BCUT2D eigenvalue weighted by Crippen LogP contribution is 2.13. The van der Waals surface area contributed by atoms with E-state index in [-0.39, 0.29) is 6.04 Å². The molecule has 0 aromatic carbocycles. The molecule has 1 aromatic heterocycles. The molecule has 0 saturated heterocycles. The molecule has 0 spiro atoms. The van der Waals surface area contributed by atoms with Crippen molar-refractivity contribution >= 4 is 0 Å². The van der Waals surface area contributed by atoms with E-state index in [2.05, 4.69) is 15.0 Å². The monoisotopic (exact) mass is 166 g/mol. The highest BCUT2D eigenvalue weighted by molar-refractivity contribution is 5.08. The van der Waals surface area contributed by atoms with Crippen molar-refractivity contribution in [1.82, 2.24) is 4.98 Å². The van der Waals surface area contributed by atoms with Gasteiger partial charge in [-0.1, -0.05) is 12.0 Å². The molecule has 1 aromatic rings. The van der Waals surface area contributed by atoms with Gasteiger partial charge in [0.2, 0.25) is 0 Å². The first-order valence-electron chi connectivity index (χ1n) is 3.39. The molecule has 0 radical (unpaired) electrons. The Hall–Kier alpha value is -1.61. The number of azide groups is 1. The van der Waals surface area contributed by atoms with Gasteiger partial charge >= 0.3 is 0 Å². The smallest absolute Gasteiger partial charge is 0.141 e. The van der Waals surface area contributed by atoms with Crippen molar-refractivity contribution in [2.75, 3.05) is 0 Å². The Balaban J connectivity index is 2.89. The molecular weight excluding hydrogens is 159 g/mol. The third-order valence-corrected chi connectivity index (χ3v) is 1.40. The lowest BCUT2D eigenvalue weighted by molar-refractivity contribution is 0.616. The second-order valence-electron chi connectivity index (χ2n) is 2.28. The van der Waals surface area contributed by atoms with Crippen molar-refractivity contribution in [2.45, 2.75) is 13.0 Å². The molecular formula is C7H7FN4. The molecule has 5 heteroatoms. The van der Waals surface area contributed by atoms with E-state index < -0.39 is 5.82 Å². The third kappa shape index (κ3) is 1.93. The predicted molar refractivity (Wildman–Crippen MR) is 41.8 cm³/mol. The fourth-order valence-electron chi connectivity index (χ4n) is 0.771. The minimum atomic E-state index is -0.396. The van der Waals surface area contributed by atoms with Crippen LogP contribution in [0.15, 0.2) is 23.4 Å². The molecule has 12 heavy (non-hydrogen) atoms. The lowest BCUT2D eigenvalue weighted by atomic mass is 10.2. The zero-order valence-corrected chi connectivity index (χ0v) is 6.48. The van der Waals surface area contributed by atoms with E-state index in [0.717, 1.165) is 6.20 Å². The lowest BCUT2D eigenvalue weighted by Crippen LogP contribution is -1.92. The van der Waals surface area contributed by atoms with Crippen LogP contribution >= 0.6 is 0 Å². The van der Waals surface area contributed by atoms with Gasteiger partial charge in [-0.25, -0.2) is 4.39 Å². The zero-order chi connectivity index (χ0) is 8.97. The molecule has 1 heterocycles. The Kier molecular flexibility index (Phi) is 2.61. The molecule has 0 bridgehead atoms. The van der Waals surface area contributed by atoms with Gasteiger partial charge in [-0.05, 0) is 17.7 Å². The predicted octanol–water partition coefficient (Wildman–Crippen LogP) is 2.59. The van der Waals surface area contributed by atoms with Crippen molar-refractivity contribution in [3.05, 3.63) is 40.3 Å². The van der Waals surface area contributed by atoms with Crippen molar-refractivity contribution in [3.63, 3.8) is 0 Å². The molecule has 0 saturated carbocycles.